The Bertz CT molecular complexity index is 981. The molecule has 2 aromatic heterocycles. The molecule has 0 spiro atoms. The van der Waals surface area contributed by atoms with Gasteiger partial charge in [0.1, 0.15) is 0 Å². The normalized spacial score (nSPS) is 19.7. The van der Waals surface area contributed by atoms with E-state index in [1.54, 1.807) is 11.3 Å². The minimum absolute atomic E-state index is 0.836. The molecule has 0 amide bonds. The number of nitrogens with zero attached hydrogens (tertiary/aromatic N) is 8. The van der Waals surface area contributed by atoms with E-state index in [1.165, 1.54) is 30.4 Å². The van der Waals surface area contributed by atoms with Crippen molar-refractivity contribution in [2.24, 2.45) is 0 Å². The first-order valence-electron chi connectivity index (χ1n) is 11.4. The molecular formula is C22H28N8S. The zero-order valence-electron chi connectivity index (χ0n) is 17.8. The van der Waals surface area contributed by atoms with E-state index < -0.39 is 0 Å². The average Bonchev–Trinajstić information content (AvgIpc) is 3.60. The molecule has 8 nitrogen and oxygen atoms in total. The zero-order chi connectivity index (χ0) is 20.6. The fraction of sp³-hybridized carbons (Fsp3) is 0.545. The van der Waals surface area contributed by atoms with Gasteiger partial charge in [-0.25, -0.2) is 4.98 Å². The van der Waals surface area contributed by atoms with Gasteiger partial charge in [-0.15, -0.1) is 0 Å². The molecule has 3 aromatic rings. The molecule has 3 aliphatic rings. The highest BCUT2D eigenvalue weighted by Gasteiger charge is 2.26. The summed E-state index contributed by atoms with van der Waals surface area (Å²) in [4.78, 5) is 28.9. The van der Waals surface area contributed by atoms with Crippen molar-refractivity contribution < 1.29 is 0 Å². The van der Waals surface area contributed by atoms with Gasteiger partial charge in [-0.05, 0) is 37.8 Å². The van der Waals surface area contributed by atoms with Gasteiger partial charge in [-0.1, -0.05) is 23.5 Å². The molecule has 0 N–H and O–H groups in total. The Kier molecular flexibility index (Phi) is 4.98. The summed E-state index contributed by atoms with van der Waals surface area (Å²) in [6.07, 6.45) is 4.89. The number of anilines is 4. The highest BCUT2D eigenvalue weighted by Crippen LogP contribution is 2.30. The van der Waals surface area contributed by atoms with Gasteiger partial charge in [-0.3, -0.25) is 0 Å². The Morgan fingerprint density at radius 3 is 1.58 bits per heavy atom. The second kappa shape index (κ2) is 8.11. The van der Waals surface area contributed by atoms with E-state index in [9.17, 15) is 0 Å². The van der Waals surface area contributed by atoms with Crippen LogP contribution in [0.3, 0.4) is 0 Å². The molecule has 162 valence electrons. The molecule has 0 aliphatic carbocycles. The topological polar surface area (TPSA) is 64.5 Å². The molecule has 9 heteroatoms. The maximum Gasteiger partial charge on any atom is 0.232 e. The number of aromatic nitrogens is 4. The van der Waals surface area contributed by atoms with Crippen molar-refractivity contribution in [2.45, 2.75) is 25.7 Å². The smallest absolute Gasteiger partial charge is 0.232 e. The highest BCUT2D eigenvalue weighted by atomic mass is 32.1. The summed E-state index contributed by atoms with van der Waals surface area (Å²) in [6, 6.07) is 8.38. The van der Waals surface area contributed by atoms with E-state index in [4.69, 9.17) is 19.9 Å². The number of hydrogen-bond donors (Lipinski definition) is 0. The van der Waals surface area contributed by atoms with Crippen LogP contribution in [0.1, 0.15) is 25.7 Å². The summed E-state index contributed by atoms with van der Waals surface area (Å²) >= 11 is 1.78. The molecule has 0 unspecified atom stereocenters. The number of fused-ring (bicyclic) bond motifs is 1. The molecule has 3 aliphatic heterocycles. The van der Waals surface area contributed by atoms with E-state index in [0.717, 1.165) is 80.9 Å². The Morgan fingerprint density at radius 2 is 1.03 bits per heavy atom. The first-order chi connectivity index (χ1) is 15.3. The number of rotatable bonds is 4. The van der Waals surface area contributed by atoms with E-state index >= 15 is 0 Å². The first-order valence-corrected chi connectivity index (χ1v) is 12.3. The van der Waals surface area contributed by atoms with Crippen LogP contribution in [-0.2, 0) is 0 Å². The van der Waals surface area contributed by atoms with Gasteiger partial charge in [0.15, 0.2) is 5.13 Å². The lowest BCUT2D eigenvalue weighted by atomic mass is 10.3. The summed E-state index contributed by atoms with van der Waals surface area (Å²) in [6.45, 7) is 7.87. The van der Waals surface area contributed by atoms with Crippen LogP contribution in [0, 0.1) is 0 Å². The molecule has 31 heavy (non-hydrogen) atoms. The number of thiazole rings is 1. The van der Waals surface area contributed by atoms with Gasteiger partial charge >= 0.3 is 0 Å². The molecule has 0 radical (unpaired) electrons. The molecule has 3 fully saturated rings. The molecule has 0 saturated carbocycles. The molecular weight excluding hydrogens is 408 g/mol. The monoisotopic (exact) mass is 436 g/mol. The largest absolute Gasteiger partial charge is 0.345 e. The molecule has 1 aromatic carbocycles. The SMILES string of the molecule is c1ccc2sc(N3CCN(c4nc(N5CCCC5)nc(N5CCCC5)n4)CC3)nc2c1. The Hall–Kier alpha value is -2.68. The maximum absolute atomic E-state index is 4.91. The van der Waals surface area contributed by atoms with Crippen molar-refractivity contribution in [1.29, 1.82) is 0 Å². The molecule has 3 saturated heterocycles. The van der Waals surface area contributed by atoms with Crippen molar-refractivity contribution in [3.63, 3.8) is 0 Å². The van der Waals surface area contributed by atoms with Gasteiger partial charge in [0.25, 0.3) is 0 Å². The third-order valence-electron chi connectivity index (χ3n) is 6.49. The van der Waals surface area contributed by atoms with Crippen molar-refractivity contribution in [2.75, 3.05) is 72.0 Å². The fourth-order valence-corrected chi connectivity index (χ4v) is 5.71. The molecule has 0 bridgehead atoms. The van der Waals surface area contributed by atoms with Crippen LogP contribution in [0.15, 0.2) is 24.3 Å². The minimum Gasteiger partial charge on any atom is -0.345 e. The number of para-hydroxylation sites is 1. The first kappa shape index (κ1) is 19.0. The van der Waals surface area contributed by atoms with Gasteiger partial charge in [0.2, 0.25) is 17.8 Å². The summed E-state index contributed by atoms with van der Waals surface area (Å²) in [5.41, 5.74) is 1.09. The molecule has 5 heterocycles. The predicted octanol–water partition coefficient (Wildman–Crippen LogP) is 3.01. The van der Waals surface area contributed by atoms with Crippen LogP contribution in [0.2, 0.25) is 0 Å². The fourth-order valence-electron chi connectivity index (χ4n) is 4.69. The van der Waals surface area contributed by atoms with Gasteiger partial charge in [-0.2, -0.15) is 15.0 Å². The standard InChI is InChI=1S/C22H28N8S/c1-2-8-18-17(7-1)23-22(31-18)30-15-13-29(14-16-30)21-25-19(27-9-3-4-10-27)24-20(26-21)28-11-5-6-12-28/h1-2,7-8H,3-6,9-16H2. The lowest BCUT2D eigenvalue weighted by Crippen LogP contribution is -2.47. The van der Waals surface area contributed by atoms with E-state index in [2.05, 4.69) is 43.9 Å². The van der Waals surface area contributed by atoms with E-state index in [1.807, 2.05) is 0 Å². The second-order valence-electron chi connectivity index (χ2n) is 8.56. The van der Waals surface area contributed by atoms with Crippen LogP contribution in [-0.4, -0.2) is 72.3 Å². The number of hydrogen-bond acceptors (Lipinski definition) is 9. The highest BCUT2D eigenvalue weighted by molar-refractivity contribution is 7.22. The lowest BCUT2D eigenvalue weighted by Gasteiger charge is -2.35. The number of benzene rings is 1. The van der Waals surface area contributed by atoms with E-state index in [0.29, 0.717) is 0 Å². The minimum atomic E-state index is 0.836. The van der Waals surface area contributed by atoms with E-state index in [-0.39, 0.29) is 0 Å². The number of piperazine rings is 1. The van der Waals surface area contributed by atoms with Crippen molar-refractivity contribution in [3.8, 4) is 0 Å². The summed E-state index contributed by atoms with van der Waals surface area (Å²) < 4.78 is 1.25. The Morgan fingerprint density at radius 1 is 0.548 bits per heavy atom. The van der Waals surface area contributed by atoms with Crippen LogP contribution in [0.5, 0.6) is 0 Å². The Balaban J connectivity index is 1.22. The van der Waals surface area contributed by atoms with Gasteiger partial charge in [0.05, 0.1) is 10.2 Å². The summed E-state index contributed by atoms with van der Waals surface area (Å²) in [5, 5.41) is 1.12. The van der Waals surface area contributed by atoms with Crippen LogP contribution in [0.25, 0.3) is 10.2 Å². The predicted molar refractivity (Wildman–Crippen MR) is 127 cm³/mol. The third-order valence-corrected chi connectivity index (χ3v) is 7.59. The van der Waals surface area contributed by atoms with Gasteiger partial charge in [0, 0.05) is 52.4 Å². The van der Waals surface area contributed by atoms with Crippen LogP contribution in [0.4, 0.5) is 23.0 Å². The zero-order valence-corrected chi connectivity index (χ0v) is 18.6. The average molecular weight is 437 g/mol. The van der Waals surface area contributed by atoms with Crippen LogP contribution < -0.4 is 19.6 Å². The summed E-state index contributed by atoms with van der Waals surface area (Å²) in [5.74, 6) is 2.55. The maximum atomic E-state index is 4.91. The van der Waals surface area contributed by atoms with Crippen molar-refractivity contribution in [1.82, 2.24) is 19.9 Å². The van der Waals surface area contributed by atoms with Gasteiger partial charge < -0.3 is 19.6 Å². The molecule has 0 atom stereocenters. The summed E-state index contributed by atoms with van der Waals surface area (Å²) in [7, 11) is 0. The lowest BCUT2D eigenvalue weighted by molar-refractivity contribution is 0.636. The van der Waals surface area contributed by atoms with Crippen LogP contribution >= 0.6 is 11.3 Å². The molecule has 6 rings (SSSR count). The van der Waals surface area contributed by atoms with Crippen molar-refractivity contribution >= 4 is 44.5 Å². The quantitative estimate of drug-likeness (QED) is 0.619. The second-order valence-corrected chi connectivity index (χ2v) is 9.57. The van der Waals surface area contributed by atoms with Crippen molar-refractivity contribution in [3.05, 3.63) is 24.3 Å². The Labute approximate surface area is 186 Å². The third kappa shape index (κ3) is 3.75.